The van der Waals surface area contributed by atoms with Crippen LogP contribution in [0.3, 0.4) is 0 Å². The summed E-state index contributed by atoms with van der Waals surface area (Å²) in [6, 6.07) is 0.370. The second-order valence-corrected chi connectivity index (χ2v) is 5.43. The second kappa shape index (κ2) is 5.13. The minimum absolute atomic E-state index is 0.370. The molecule has 1 fully saturated rings. The molecule has 1 aliphatic carbocycles. The monoisotopic (exact) mass is 198 g/mol. The normalized spacial score (nSPS) is 28.5. The highest BCUT2D eigenvalue weighted by Crippen LogP contribution is 2.37. The van der Waals surface area contributed by atoms with E-state index < -0.39 is 0 Å². The third-order valence-corrected chi connectivity index (χ3v) is 3.52. The zero-order valence-corrected chi connectivity index (χ0v) is 10.2. The van der Waals surface area contributed by atoms with Crippen molar-refractivity contribution in [2.75, 3.05) is 20.1 Å². The summed E-state index contributed by atoms with van der Waals surface area (Å²) in [6.45, 7) is 9.17. The van der Waals surface area contributed by atoms with Gasteiger partial charge in [-0.15, -0.1) is 0 Å². The molecular formula is C12H26N2. The van der Waals surface area contributed by atoms with Crippen LogP contribution in [-0.4, -0.2) is 31.1 Å². The number of nitrogens with two attached hydrogens (primary N) is 1. The Hall–Kier alpha value is -0.0800. The summed E-state index contributed by atoms with van der Waals surface area (Å²) in [4.78, 5) is 2.44. The molecule has 14 heavy (non-hydrogen) atoms. The molecule has 3 unspecified atom stereocenters. The van der Waals surface area contributed by atoms with Crippen LogP contribution in [0.2, 0.25) is 0 Å². The predicted molar refractivity (Wildman–Crippen MR) is 62.2 cm³/mol. The Morgan fingerprint density at radius 2 is 2.00 bits per heavy atom. The van der Waals surface area contributed by atoms with E-state index in [-0.39, 0.29) is 0 Å². The van der Waals surface area contributed by atoms with E-state index >= 15 is 0 Å². The van der Waals surface area contributed by atoms with Crippen LogP contribution in [0, 0.1) is 17.8 Å². The number of nitrogens with zero attached hydrogens (tertiary/aromatic N) is 1. The Labute approximate surface area is 88.8 Å². The topological polar surface area (TPSA) is 29.3 Å². The molecule has 2 heteroatoms. The van der Waals surface area contributed by atoms with E-state index in [0.29, 0.717) is 12.0 Å². The summed E-state index contributed by atoms with van der Waals surface area (Å²) in [5.74, 6) is 2.55. The fraction of sp³-hybridized carbons (Fsp3) is 1.00. The lowest BCUT2D eigenvalue weighted by Crippen LogP contribution is -2.32. The maximum Gasteiger partial charge on any atom is 0.00740 e. The van der Waals surface area contributed by atoms with Gasteiger partial charge in [0.25, 0.3) is 0 Å². The molecule has 2 nitrogen and oxygen atoms in total. The standard InChI is InChI=1S/C12H26N2/c1-9(2)12(13)5-6-14(4)8-11-7-10(11)3/h9-12H,5-8,13H2,1-4H3. The predicted octanol–water partition coefficient (Wildman–Crippen LogP) is 1.95. The molecule has 0 saturated heterocycles. The van der Waals surface area contributed by atoms with Crippen molar-refractivity contribution in [3.05, 3.63) is 0 Å². The van der Waals surface area contributed by atoms with Crippen molar-refractivity contribution in [3.63, 3.8) is 0 Å². The molecule has 0 aromatic heterocycles. The average molecular weight is 198 g/mol. The van der Waals surface area contributed by atoms with Gasteiger partial charge in [-0.25, -0.2) is 0 Å². The fourth-order valence-electron chi connectivity index (χ4n) is 1.85. The van der Waals surface area contributed by atoms with Crippen molar-refractivity contribution in [1.29, 1.82) is 0 Å². The molecule has 1 saturated carbocycles. The molecule has 0 aliphatic heterocycles. The molecule has 84 valence electrons. The van der Waals surface area contributed by atoms with E-state index in [4.69, 9.17) is 5.73 Å². The van der Waals surface area contributed by atoms with Crippen molar-refractivity contribution >= 4 is 0 Å². The van der Waals surface area contributed by atoms with Crippen molar-refractivity contribution < 1.29 is 0 Å². The van der Waals surface area contributed by atoms with Crippen LogP contribution < -0.4 is 5.73 Å². The third-order valence-electron chi connectivity index (χ3n) is 3.52. The molecule has 2 N–H and O–H groups in total. The SMILES string of the molecule is CC(C)C(N)CCN(C)CC1CC1C. The summed E-state index contributed by atoms with van der Waals surface area (Å²) < 4.78 is 0. The van der Waals surface area contributed by atoms with Crippen molar-refractivity contribution in [3.8, 4) is 0 Å². The van der Waals surface area contributed by atoms with Gasteiger partial charge in [0.05, 0.1) is 0 Å². The molecule has 0 amide bonds. The van der Waals surface area contributed by atoms with Crippen LogP contribution >= 0.6 is 0 Å². The highest BCUT2D eigenvalue weighted by atomic mass is 15.1. The Morgan fingerprint density at radius 1 is 1.43 bits per heavy atom. The molecule has 1 rings (SSSR count). The van der Waals surface area contributed by atoms with E-state index in [1.54, 1.807) is 0 Å². The molecule has 1 aliphatic rings. The lowest BCUT2D eigenvalue weighted by atomic mass is 10.0. The molecule has 0 radical (unpaired) electrons. The van der Waals surface area contributed by atoms with E-state index in [9.17, 15) is 0 Å². The van der Waals surface area contributed by atoms with Gasteiger partial charge < -0.3 is 10.6 Å². The number of hydrogen-bond acceptors (Lipinski definition) is 2. The molecule has 3 atom stereocenters. The van der Waals surface area contributed by atoms with Crippen LogP contribution in [0.5, 0.6) is 0 Å². The molecule has 0 bridgehead atoms. The molecule has 0 spiro atoms. The largest absolute Gasteiger partial charge is 0.327 e. The van der Waals surface area contributed by atoms with Crippen molar-refractivity contribution in [1.82, 2.24) is 4.90 Å². The number of hydrogen-bond donors (Lipinski definition) is 1. The van der Waals surface area contributed by atoms with Crippen molar-refractivity contribution in [2.24, 2.45) is 23.5 Å². The Kier molecular flexibility index (Phi) is 4.39. The average Bonchev–Trinajstić information content (AvgIpc) is 2.77. The van der Waals surface area contributed by atoms with Crippen LogP contribution in [0.1, 0.15) is 33.6 Å². The Balaban J connectivity index is 2.05. The fourth-order valence-corrected chi connectivity index (χ4v) is 1.85. The van der Waals surface area contributed by atoms with Crippen LogP contribution in [0.25, 0.3) is 0 Å². The van der Waals surface area contributed by atoms with Crippen LogP contribution in [0.15, 0.2) is 0 Å². The van der Waals surface area contributed by atoms with Gasteiger partial charge in [0.2, 0.25) is 0 Å². The second-order valence-electron chi connectivity index (χ2n) is 5.43. The van der Waals surface area contributed by atoms with Gasteiger partial charge in [-0.3, -0.25) is 0 Å². The maximum atomic E-state index is 6.01. The lowest BCUT2D eigenvalue weighted by Gasteiger charge is -2.21. The van der Waals surface area contributed by atoms with Gasteiger partial charge in [0.1, 0.15) is 0 Å². The first kappa shape index (κ1) is 12.0. The third kappa shape index (κ3) is 3.97. The minimum atomic E-state index is 0.370. The van der Waals surface area contributed by atoms with E-state index in [2.05, 4.69) is 32.7 Å². The summed E-state index contributed by atoms with van der Waals surface area (Å²) >= 11 is 0. The lowest BCUT2D eigenvalue weighted by molar-refractivity contribution is 0.289. The molecular weight excluding hydrogens is 172 g/mol. The van der Waals surface area contributed by atoms with Crippen LogP contribution in [-0.2, 0) is 0 Å². The first-order chi connectivity index (χ1) is 6.50. The number of rotatable bonds is 6. The van der Waals surface area contributed by atoms with E-state index in [0.717, 1.165) is 24.8 Å². The van der Waals surface area contributed by atoms with Crippen molar-refractivity contribution in [2.45, 2.75) is 39.7 Å². The van der Waals surface area contributed by atoms with Crippen LogP contribution in [0.4, 0.5) is 0 Å². The smallest absolute Gasteiger partial charge is 0.00740 e. The zero-order chi connectivity index (χ0) is 10.7. The van der Waals surface area contributed by atoms with Gasteiger partial charge in [-0.05, 0) is 44.2 Å². The maximum absolute atomic E-state index is 6.01. The van der Waals surface area contributed by atoms with Gasteiger partial charge in [0, 0.05) is 12.6 Å². The first-order valence-electron chi connectivity index (χ1n) is 5.94. The van der Waals surface area contributed by atoms with Gasteiger partial charge in [-0.1, -0.05) is 20.8 Å². The summed E-state index contributed by atoms with van der Waals surface area (Å²) in [6.07, 6.45) is 2.57. The van der Waals surface area contributed by atoms with Gasteiger partial charge >= 0.3 is 0 Å². The summed E-state index contributed by atoms with van der Waals surface area (Å²) in [5.41, 5.74) is 6.01. The quantitative estimate of drug-likeness (QED) is 0.707. The summed E-state index contributed by atoms with van der Waals surface area (Å²) in [7, 11) is 2.22. The highest BCUT2D eigenvalue weighted by molar-refractivity contribution is 4.84. The Bertz CT molecular complexity index is 168. The highest BCUT2D eigenvalue weighted by Gasteiger charge is 2.32. The zero-order valence-electron chi connectivity index (χ0n) is 10.2. The summed E-state index contributed by atoms with van der Waals surface area (Å²) in [5, 5.41) is 0. The molecule has 0 aromatic rings. The molecule has 0 heterocycles. The minimum Gasteiger partial charge on any atom is -0.327 e. The first-order valence-corrected chi connectivity index (χ1v) is 5.94. The van der Waals surface area contributed by atoms with E-state index in [1.807, 2.05) is 0 Å². The van der Waals surface area contributed by atoms with Gasteiger partial charge in [-0.2, -0.15) is 0 Å². The van der Waals surface area contributed by atoms with Gasteiger partial charge in [0.15, 0.2) is 0 Å². The Morgan fingerprint density at radius 3 is 2.43 bits per heavy atom. The van der Waals surface area contributed by atoms with E-state index in [1.165, 1.54) is 13.0 Å². The molecule has 0 aromatic carbocycles.